The monoisotopic (exact) mass is 1400 g/mol. The molecule has 17 nitrogen and oxygen atoms in total. The number of hydrogen-bond acceptors (Lipinski definition) is 15. The average Bonchev–Trinajstić information content (AvgIpc) is 1.42. The average molecular weight is 1400 g/mol. The predicted molar refractivity (Wildman–Crippen MR) is 386 cm³/mol. The molecule has 564 valence electrons. The molecule has 0 rings (SSSR count). The third-order valence-electron chi connectivity index (χ3n) is 18.0. The van der Waals surface area contributed by atoms with E-state index in [-0.39, 0.29) is 25.7 Å². The first-order chi connectivity index (χ1) is 45.8. The minimum absolute atomic E-state index is 0.105. The Labute approximate surface area is 581 Å². The number of esters is 4. The summed E-state index contributed by atoms with van der Waals surface area (Å²) in [6.45, 7) is 11.9. The van der Waals surface area contributed by atoms with Gasteiger partial charge >= 0.3 is 39.5 Å². The van der Waals surface area contributed by atoms with E-state index in [4.69, 9.17) is 37.0 Å². The Kier molecular flexibility index (Phi) is 65.2. The number of unbranched alkanes of at least 4 members (excludes halogenated alkanes) is 41. The smallest absolute Gasteiger partial charge is 0.462 e. The van der Waals surface area contributed by atoms with Gasteiger partial charge in [0.1, 0.15) is 19.3 Å². The van der Waals surface area contributed by atoms with E-state index in [1.807, 2.05) is 0 Å². The van der Waals surface area contributed by atoms with Gasteiger partial charge in [-0.25, -0.2) is 9.13 Å². The number of carbonyl (C=O) groups excluding carboxylic acids is 4. The fourth-order valence-corrected chi connectivity index (χ4v) is 13.1. The van der Waals surface area contributed by atoms with Crippen LogP contribution in [0, 0.1) is 17.8 Å². The van der Waals surface area contributed by atoms with Crippen LogP contribution in [0.25, 0.3) is 0 Å². The zero-order valence-corrected chi connectivity index (χ0v) is 63.9. The molecule has 19 heteroatoms. The Morgan fingerprint density at radius 3 is 0.800 bits per heavy atom. The molecule has 0 amide bonds. The molecule has 0 bridgehead atoms. The van der Waals surface area contributed by atoms with E-state index < -0.39 is 97.5 Å². The van der Waals surface area contributed by atoms with Gasteiger partial charge in [-0.15, -0.1) is 0 Å². The minimum atomic E-state index is -4.96. The summed E-state index contributed by atoms with van der Waals surface area (Å²) in [4.78, 5) is 72.5. The molecule has 0 fully saturated rings. The highest BCUT2D eigenvalue weighted by molar-refractivity contribution is 7.47. The van der Waals surface area contributed by atoms with Crippen LogP contribution >= 0.6 is 15.6 Å². The van der Waals surface area contributed by atoms with Crippen molar-refractivity contribution in [1.29, 1.82) is 0 Å². The van der Waals surface area contributed by atoms with Gasteiger partial charge in [-0.3, -0.25) is 37.3 Å². The van der Waals surface area contributed by atoms with Gasteiger partial charge in [0.25, 0.3) is 0 Å². The summed E-state index contributed by atoms with van der Waals surface area (Å²) in [6, 6.07) is 0. The van der Waals surface area contributed by atoms with Gasteiger partial charge in [-0.1, -0.05) is 337 Å². The van der Waals surface area contributed by atoms with Gasteiger partial charge in [0, 0.05) is 25.7 Å². The SMILES string of the molecule is CCCCCCCC(=O)OC[C@H](COP(=O)(O)OC[C@H](O)COP(=O)(O)OC[C@@H](COC(=O)CCCCCCCCCCCCCCCCC(C)CC)OC(=O)CCCCCCCCCCCCCCCCCC(C)C)OC(=O)CCCCCCCCCCCCCC(C)C. The lowest BCUT2D eigenvalue weighted by molar-refractivity contribution is -0.161. The van der Waals surface area contributed by atoms with E-state index in [0.717, 1.165) is 114 Å². The molecule has 0 heterocycles. The summed E-state index contributed by atoms with van der Waals surface area (Å²) in [5, 5.41) is 10.6. The molecular formula is C76H148O17P2. The molecule has 0 radical (unpaired) electrons. The highest BCUT2D eigenvalue weighted by atomic mass is 31.2. The zero-order chi connectivity index (χ0) is 70.1. The van der Waals surface area contributed by atoms with Crippen molar-refractivity contribution >= 4 is 39.5 Å². The molecular weight excluding hydrogens is 1250 g/mol. The number of phosphoric ester groups is 2. The molecule has 0 aromatic carbocycles. The number of hydrogen-bond donors (Lipinski definition) is 3. The van der Waals surface area contributed by atoms with Crippen LogP contribution in [0.4, 0.5) is 0 Å². The molecule has 0 aliphatic heterocycles. The largest absolute Gasteiger partial charge is 0.472 e. The molecule has 3 unspecified atom stereocenters. The van der Waals surface area contributed by atoms with E-state index >= 15 is 0 Å². The van der Waals surface area contributed by atoms with Crippen molar-refractivity contribution in [1.82, 2.24) is 0 Å². The second-order valence-corrected chi connectivity index (χ2v) is 31.5. The van der Waals surface area contributed by atoms with Crippen LogP contribution in [0.3, 0.4) is 0 Å². The van der Waals surface area contributed by atoms with E-state index in [1.54, 1.807) is 0 Å². The Balaban J connectivity index is 5.15. The highest BCUT2D eigenvalue weighted by Gasteiger charge is 2.30. The number of rotatable bonds is 74. The summed E-state index contributed by atoms with van der Waals surface area (Å²) < 4.78 is 68.3. The maximum absolute atomic E-state index is 13.1. The third kappa shape index (κ3) is 69.0. The second kappa shape index (κ2) is 66.6. The maximum atomic E-state index is 13.1. The van der Waals surface area contributed by atoms with Crippen molar-refractivity contribution in [2.24, 2.45) is 17.8 Å². The molecule has 0 saturated carbocycles. The molecule has 0 saturated heterocycles. The fourth-order valence-electron chi connectivity index (χ4n) is 11.6. The molecule has 0 aromatic heterocycles. The Hall–Kier alpha value is -1.94. The van der Waals surface area contributed by atoms with E-state index in [2.05, 4.69) is 48.5 Å². The number of carbonyl (C=O) groups is 4. The number of ether oxygens (including phenoxy) is 4. The lowest BCUT2D eigenvalue weighted by atomic mass is 9.99. The van der Waals surface area contributed by atoms with Crippen LogP contribution in [0.5, 0.6) is 0 Å². The topological polar surface area (TPSA) is 237 Å². The van der Waals surface area contributed by atoms with Crippen LogP contribution in [-0.2, 0) is 65.4 Å². The van der Waals surface area contributed by atoms with Crippen molar-refractivity contribution < 1.29 is 80.2 Å². The van der Waals surface area contributed by atoms with Crippen LogP contribution in [0.2, 0.25) is 0 Å². The van der Waals surface area contributed by atoms with Crippen molar-refractivity contribution in [3.63, 3.8) is 0 Å². The molecule has 0 aromatic rings. The Morgan fingerprint density at radius 2 is 0.537 bits per heavy atom. The number of aliphatic hydroxyl groups excluding tert-OH is 1. The maximum Gasteiger partial charge on any atom is 0.472 e. The Bertz CT molecular complexity index is 1850. The predicted octanol–water partition coefficient (Wildman–Crippen LogP) is 22.2. The van der Waals surface area contributed by atoms with Crippen molar-refractivity contribution in [2.75, 3.05) is 39.6 Å². The molecule has 95 heavy (non-hydrogen) atoms. The highest BCUT2D eigenvalue weighted by Crippen LogP contribution is 2.45. The zero-order valence-electron chi connectivity index (χ0n) is 62.1. The molecule has 0 aliphatic rings. The van der Waals surface area contributed by atoms with Crippen molar-refractivity contribution in [3.8, 4) is 0 Å². The summed E-state index contributed by atoms with van der Waals surface area (Å²) in [5.74, 6) is 0.290. The van der Waals surface area contributed by atoms with Crippen LogP contribution in [0.1, 0.15) is 389 Å². The summed E-state index contributed by atoms with van der Waals surface area (Å²) in [6.07, 6.45) is 53.1. The quantitative estimate of drug-likeness (QED) is 0.0222. The van der Waals surface area contributed by atoms with Gasteiger partial charge in [0.05, 0.1) is 26.4 Å². The van der Waals surface area contributed by atoms with Crippen molar-refractivity contribution in [2.45, 2.75) is 407 Å². The summed E-state index contributed by atoms with van der Waals surface area (Å²) >= 11 is 0. The number of phosphoric acid groups is 2. The molecule has 0 aliphatic carbocycles. The van der Waals surface area contributed by atoms with Crippen molar-refractivity contribution in [3.05, 3.63) is 0 Å². The summed E-state index contributed by atoms with van der Waals surface area (Å²) in [7, 11) is -9.90. The first-order valence-corrected chi connectivity index (χ1v) is 42.4. The lowest BCUT2D eigenvalue weighted by Gasteiger charge is -2.21. The van der Waals surface area contributed by atoms with Gasteiger partial charge in [-0.05, 0) is 43.4 Å². The van der Waals surface area contributed by atoms with Gasteiger partial charge < -0.3 is 33.8 Å². The van der Waals surface area contributed by atoms with Crippen LogP contribution in [-0.4, -0.2) is 96.7 Å². The van der Waals surface area contributed by atoms with Gasteiger partial charge in [0.2, 0.25) is 0 Å². The molecule has 6 atom stereocenters. The Morgan fingerprint density at radius 1 is 0.305 bits per heavy atom. The normalized spacial score (nSPS) is 14.4. The standard InChI is InChI=1S/C76H148O17P2/c1-8-10-11-40-50-57-73(78)86-63-71(92-75(80)60-53-46-39-33-27-21-23-29-35-42-48-55-68(5)6)65-90-94(82,83)88-61-70(77)62-89-95(84,85)91-66-72(93-76(81)59-52-45-38-32-26-20-14-12-13-17-22-28-34-41-47-54-67(3)4)64-87-74(79)58-51-44-37-31-25-19-16-15-18-24-30-36-43-49-56-69(7)9-2/h67-72,77H,8-66H2,1-7H3,(H,82,83)(H,84,85)/t69?,70-,71+,72+/m0/s1. The van der Waals surface area contributed by atoms with Crippen LogP contribution < -0.4 is 0 Å². The molecule has 3 N–H and O–H groups in total. The first kappa shape index (κ1) is 93.1. The van der Waals surface area contributed by atoms with E-state index in [1.165, 1.54) is 193 Å². The van der Waals surface area contributed by atoms with Gasteiger partial charge in [0.15, 0.2) is 12.2 Å². The fraction of sp³-hybridized carbons (Fsp3) is 0.947. The lowest BCUT2D eigenvalue weighted by Crippen LogP contribution is -2.30. The minimum Gasteiger partial charge on any atom is -0.462 e. The van der Waals surface area contributed by atoms with E-state index in [0.29, 0.717) is 25.7 Å². The summed E-state index contributed by atoms with van der Waals surface area (Å²) in [5.41, 5.74) is 0. The third-order valence-corrected chi connectivity index (χ3v) is 19.9. The van der Waals surface area contributed by atoms with E-state index in [9.17, 15) is 43.2 Å². The second-order valence-electron chi connectivity index (χ2n) is 28.6. The van der Waals surface area contributed by atoms with Gasteiger partial charge in [-0.2, -0.15) is 0 Å². The molecule has 0 spiro atoms. The number of aliphatic hydroxyl groups is 1. The van der Waals surface area contributed by atoms with Crippen LogP contribution in [0.15, 0.2) is 0 Å². The first-order valence-electron chi connectivity index (χ1n) is 39.4.